The molecule has 0 aliphatic heterocycles. The molecule has 0 aromatic heterocycles. The summed E-state index contributed by atoms with van der Waals surface area (Å²) in [5.74, 6) is 6.52. The normalized spacial score (nSPS) is 12.8. The van der Waals surface area contributed by atoms with E-state index >= 15 is 0 Å². The van der Waals surface area contributed by atoms with Crippen molar-refractivity contribution in [2.24, 2.45) is 5.84 Å². The number of thioether (sulfide) groups is 1. The topological polar surface area (TPSA) is 38.0 Å². The molecule has 1 unspecified atom stereocenters. The Morgan fingerprint density at radius 3 is 2.50 bits per heavy atom. The number of rotatable bonds is 5. The standard InChI is InChI=1S/C11H18N2S/c1-9-3-5-10(6-4-9)7-11(13-12)8-14-2/h3-6,11,13H,7-8,12H2,1-2H3. The van der Waals surface area contributed by atoms with E-state index in [-0.39, 0.29) is 0 Å². The molecule has 1 aromatic carbocycles. The van der Waals surface area contributed by atoms with Gasteiger partial charge in [0.15, 0.2) is 0 Å². The lowest BCUT2D eigenvalue weighted by molar-refractivity contribution is 0.576. The van der Waals surface area contributed by atoms with Crippen molar-refractivity contribution in [3.05, 3.63) is 35.4 Å². The molecule has 0 amide bonds. The second kappa shape index (κ2) is 6.06. The molecule has 3 heteroatoms. The van der Waals surface area contributed by atoms with Gasteiger partial charge in [0, 0.05) is 11.8 Å². The first-order valence-electron chi connectivity index (χ1n) is 4.77. The largest absolute Gasteiger partial charge is 0.271 e. The van der Waals surface area contributed by atoms with Crippen LogP contribution in [0.15, 0.2) is 24.3 Å². The van der Waals surface area contributed by atoms with Gasteiger partial charge in [-0.2, -0.15) is 11.8 Å². The van der Waals surface area contributed by atoms with Gasteiger partial charge < -0.3 is 0 Å². The fraction of sp³-hybridized carbons (Fsp3) is 0.455. The Bertz CT molecular complexity index is 258. The number of nitrogens with one attached hydrogen (secondary N) is 1. The van der Waals surface area contributed by atoms with Gasteiger partial charge in [0.2, 0.25) is 0 Å². The summed E-state index contributed by atoms with van der Waals surface area (Å²) in [5, 5.41) is 0. The third-order valence-corrected chi connectivity index (χ3v) is 2.94. The SMILES string of the molecule is CSCC(Cc1ccc(C)cc1)NN. The summed E-state index contributed by atoms with van der Waals surface area (Å²) >= 11 is 1.81. The number of benzene rings is 1. The highest BCUT2D eigenvalue weighted by Crippen LogP contribution is 2.08. The van der Waals surface area contributed by atoms with E-state index in [1.807, 2.05) is 11.8 Å². The Hall–Kier alpha value is -0.510. The Morgan fingerprint density at radius 1 is 1.36 bits per heavy atom. The predicted molar refractivity (Wildman–Crippen MR) is 64.4 cm³/mol. The van der Waals surface area contributed by atoms with Crippen LogP contribution in [0.5, 0.6) is 0 Å². The number of hydrogen-bond acceptors (Lipinski definition) is 3. The van der Waals surface area contributed by atoms with Gasteiger partial charge in [-0.15, -0.1) is 0 Å². The van der Waals surface area contributed by atoms with E-state index in [9.17, 15) is 0 Å². The van der Waals surface area contributed by atoms with E-state index in [1.165, 1.54) is 11.1 Å². The fourth-order valence-corrected chi connectivity index (χ4v) is 1.99. The van der Waals surface area contributed by atoms with E-state index in [4.69, 9.17) is 5.84 Å². The maximum atomic E-state index is 5.47. The van der Waals surface area contributed by atoms with Crippen molar-refractivity contribution >= 4 is 11.8 Å². The van der Waals surface area contributed by atoms with Gasteiger partial charge in [0.25, 0.3) is 0 Å². The average molecular weight is 210 g/mol. The highest BCUT2D eigenvalue weighted by Gasteiger charge is 2.05. The van der Waals surface area contributed by atoms with Crippen LogP contribution in [0.4, 0.5) is 0 Å². The summed E-state index contributed by atoms with van der Waals surface area (Å²) < 4.78 is 0. The molecule has 1 aromatic rings. The molecular weight excluding hydrogens is 192 g/mol. The summed E-state index contributed by atoms with van der Waals surface area (Å²) in [6.45, 7) is 2.10. The second-order valence-corrected chi connectivity index (χ2v) is 4.42. The van der Waals surface area contributed by atoms with Crippen LogP contribution in [-0.2, 0) is 6.42 Å². The highest BCUT2D eigenvalue weighted by atomic mass is 32.2. The predicted octanol–water partition coefficient (Wildman–Crippen LogP) is 1.73. The van der Waals surface area contributed by atoms with Crippen molar-refractivity contribution in [1.29, 1.82) is 0 Å². The van der Waals surface area contributed by atoms with Crippen LogP contribution in [0.1, 0.15) is 11.1 Å². The summed E-state index contributed by atoms with van der Waals surface area (Å²) in [7, 11) is 0. The van der Waals surface area contributed by atoms with E-state index in [0.717, 1.165) is 12.2 Å². The maximum Gasteiger partial charge on any atom is 0.0341 e. The Morgan fingerprint density at radius 2 is 2.00 bits per heavy atom. The lowest BCUT2D eigenvalue weighted by Gasteiger charge is -2.14. The molecule has 0 heterocycles. The van der Waals surface area contributed by atoms with Crippen LogP contribution in [0.2, 0.25) is 0 Å². The van der Waals surface area contributed by atoms with Gasteiger partial charge in [-0.3, -0.25) is 11.3 Å². The molecular formula is C11H18N2S. The van der Waals surface area contributed by atoms with E-state index in [1.54, 1.807) is 0 Å². The molecule has 0 fully saturated rings. The van der Waals surface area contributed by atoms with Crippen molar-refractivity contribution in [1.82, 2.24) is 5.43 Å². The van der Waals surface area contributed by atoms with Gasteiger partial charge in [-0.1, -0.05) is 29.8 Å². The van der Waals surface area contributed by atoms with Crippen LogP contribution in [0.25, 0.3) is 0 Å². The minimum atomic E-state index is 0.368. The van der Waals surface area contributed by atoms with Gasteiger partial charge in [-0.25, -0.2) is 0 Å². The van der Waals surface area contributed by atoms with Crippen molar-refractivity contribution in [2.45, 2.75) is 19.4 Å². The van der Waals surface area contributed by atoms with Crippen LogP contribution in [0, 0.1) is 6.92 Å². The fourth-order valence-electron chi connectivity index (χ4n) is 1.38. The first kappa shape index (κ1) is 11.6. The number of nitrogens with two attached hydrogens (primary N) is 1. The first-order valence-corrected chi connectivity index (χ1v) is 6.16. The minimum Gasteiger partial charge on any atom is -0.271 e. The van der Waals surface area contributed by atoms with Gasteiger partial charge >= 0.3 is 0 Å². The number of hydrazine groups is 1. The zero-order chi connectivity index (χ0) is 10.4. The summed E-state index contributed by atoms with van der Waals surface area (Å²) in [6, 6.07) is 8.98. The molecule has 2 nitrogen and oxygen atoms in total. The third kappa shape index (κ3) is 3.70. The van der Waals surface area contributed by atoms with Crippen LogP contribution in [0.3, 0.4) is 0 Å². The summed E-state index contributed by atoms with van der Waals surface area (Å²) in [4.78, 5) is 0. The Labute approximate surface area is 90.2 Å². The number of hydrogen-bond donors (Lipinski definition) is 2. The van der Waals surface area contributed by atoms with Crippen molar-refractivity contribution in [2.75, 3.05) is 12.0 Å². The van der Waals surface area contributed by atoms with Gasteiger partial charge in [0.05, 0.1) is 0 Å². The molecule has 14 heavy (non-hydrogen) atoms. The molecule has 0 radical (unpaired) electrons. The molecule has 0 aliphatic rings. The van der Waals surface area contributed by atoms with Crippen LogP contribution >= 0.6 is 11.8 Å². The molecule has 0 saturated heterocycles. The molecule has 0 saturated carbocycles. The molecule has 0 bridgehead atoms. The van der Waals surface area contributed by atoms with E-state index in [2.05, 4.69) is 42.9 Å². The zero-order valence-electron chi connectivity index (χ0n) is 8.79. The monoisotopic (exact) mass is 210 g/mol. The van der Waals surface area contributed by atoms with E-state index in [0.29, 0.717) is 6.04 Å². The minimum absolute atomic E-state index is 0.368. The second-order valence-electron chi connectivity index (χ2n) is 3.51. The maximum absolute atomic E-state index is 5.47. The van der Waals surface area contributed by atoms with Crippen molar-refractivity contribution in [3.8, 4) is 0 Å². The molecule has 0 spiro atoms. The molecule has 1 atom stereocenters. The van der Waals surface area contributed by atoms with Crippen molar-refractivity contribution in [3.63, 3.8) is 0 Å². The van der Waals surface area contributed by atoms with Gasteiger partial charge in [-0.05, 0) is 25.2 Å². The Kier molecular flexibility index (Phi) is 5.01. The molecule has 0 aliphatic carbocycles. The smallest absolute Gasteiger partial charge is 0.0341 e. The van der Waals surface area contributed by atoms with Crippen LogP contribution in [-0.4, -0.2) is 18.1 Å². The van der Waals surface area contributed by atoms with E-state index < -0.39 is 0 Å². The molecule has 1 rings (SSSR count). The summed E-state index contributed by atoms with van der Waals surface area (Å²) in [6.07, 6.45) is 3.09. The average Bonchev–Trinajstić information content (AvgIpc) is 2.20. The quantitative estimate of drug-likeness (QED) is 0.574. The lowest BCUT2D eigenvalue weighted by Crippen LogP contribution is -2.38. The zero-order valence-corrected chi connectivity index (χ0v) is 9.60. The summed E-state index contributed by atoms with van der Waals surface area (Å²) in [5.41, 5.74) is 5.49. The van der Waals surface area contributed by atoms with Gasteiger partial charge in [0.1, 0.15) is 0 Å². The first-order chi connectivity index (χ1) is 6.76. The van der Waals surface area contributed by atoms with Crippen molar-refractivity contribution < 1.29 is 0 Å². The lowest BCUT2D eigenvalue weighted by atomic mass is 10.1. The van der Waals surface area contributed by atoms with Crippen LogP contribution < -0.4 is 11.3 Å². The molecule has 78 valence electrons. The molecule has 3 N–H and O–H groups in total. The Balaban J connectivity index is 2.53. The highest BCUT2D eigenvalue weighted by molar-refractivity contribution is 7.98. The number of aryl methyl sites for hydroxylation is 1. The third-order valence-electron chi connectivity index (χ3n) is 2.21.